The van der Waals surface area contributed by atoms with Crippen molar-refractivity contribution in [2.24, 2.45) is 20.5 Å². The number of carbonyl (C=O) groups is 2. The number of anilines is 2. The molecular formula is C45H61N7O8. The van der Waals surface area contributed by atoms with E-state index >= 15 is 0 Å². The van der Waals surface area contributed by atoms with Gasteiger partial charge in [-0.15, -0.1) is 15.3 Å². The number of esters is 2. The molecule has 0 atom stereocenters. The molecular weight excluding hydrogens is 767 g/mol. The first-order valence-corrected chi connectivity index (χ1v) is 20.8. The molecule has 15 heteroatoms. The van der Waals surface area contributed by atoms with Crippen molar-refractivity contribution in [3.8, 4) is 11.5 Å². The molecule has 2 N–H and O–H groups in total. The number of non-ortho nitro benzene ring substituents is 1. The third-order valence-corrected chi connectivity index (χ3v) is 9.41. The number of hydrogen-bond acceptors (Lipinski definition) is 14. The Morgan fingerprint density at radius 3 is 1.60 bits per heavy atom. The Morgan fingerprint density at radius 2 is 1.13 bits per heavy atom. The highest BCUT2D eigenvalue weighted by Gasteiger charge is 2.16. The van der Waals surface area contributed by atoms with Crippen LogP contribution in [-0.2, 0) is 19.1 Å². The number of nitro benzene ring substituents is 1. The summed E-state index contributed by atoms with van der Waals surface area (Å²) in [6, 6.07) is 13.1. The lowest BCUT2D eigenvalue weighted by molar-refractivity contribution is -0.384. The molecule has 0 saturated heterocycles. The normalized spacial score (nSPS) is 11.1. The number of rotatable bonds is 30. The molecule has 0 aromatic heterocycles. The largest absolute Gasteiger partial charge is 0.488 e. The highest BCUT2D eigenvalue weighted by atomic mass is 16.6. The lowest BCUT2D eigenvalue weighted by Crippen LogP contribution is -2.25. The van der Waals surface area contributed by atoms with Gasteiger partial charge in [-0.2, -0.15) is 5.11 Å². The predicted octanol–water partition coefficient (Wildman–Crippen LogP) is 12.1. The number of benzene rings is 3. The molecule has 0 saturated carbocycles. The summed E-state index contributed by atoms with van der Waals surface area (Å²) in [6.07, 6.45) is 16.9. The number of nitrogen functional groups attached to an aromatic ring is 1. The minimum absolute atomic E-state index is 0.0343. The van der Waals surface area contributed by atoms with Crippen LogP contribution in [-0.4, -0.2) is 56.4 Å². The van der Waals surface area contributed by atoms with E-state index in [0.717, 1.165) is 49.3 Å². The van der Waals surface area contributed by atoms with Crippen LogP contribution in [0.2, 0.25) is 0 Å². The Balaban J connectivity index is 1.96. The molecule has 0 spiro atoms. The van der Waals surface area contributed by atoms with Gasteiger partial charge in [-0.1, -0.05) is 91.2 Å². The molecule has 3 rings (SSSR count). The Morgan fingerprint density at radius 1 is 0.667 bits per heavy atom. The molecule has 0 radical (unpaired) electrons. The van der Waals surface area contributed by atoms with Crippen LogP contribution < -0.4 is 20.1 Å². The van der Waals surface area contributed by atoms with Crippen molar-refractivity contribution in [3.05, 3.63) is 89.5 Å². The third kappa shape index (κ3) is 17.4. The Kier molecular flexibility index (Phi) is 22.2. The minimum atomic E-state index is -0.614. The topological polar surface area (TPSA) is 193 Å². The first kappa shape index (κ1) is 48.3. The second-order valence-corrected chi connectivity index (χ2v) is 14.1. The molecule has 0 heterocycles. The number of ether oxygens (including phenoxy) is 4. The van der Waals surface area contributed by atoms with Crippen molar-refractivity contribution >= 4 is 51.8 Å². The Hall–Kier alpha value is -6.12. The van der Waals surface area contributed by atoms with Crippen molar-refractivity contribution in [3.63, 3.8) is 0 Å². The maximum Gasteiger partial charge on any atom is 0.330 e. The predicted molar refractivity (Wildman–Crippen MR) is 236 cm³/mol. The van der Waals surface area contributed by atoms with Crippen molar-refractivity contribution in [1.29, 1.82) is 0 Å². The van der Waals surface area contributed by atoms with E-state index in [2.05, 4.69) is 64.5 Å². The molecule has 0 aliphatic rings. The highest BCUT2D eigenvalue weighted by molar-refractivity contribution is 5.81. The molecule has 0 amide bonds. The average molecular weight is 828 g/mol. The zero-order valence-corrected chi connectivity index (χ0v) is 35.4. The number of hydrogen-bond donors (Lipinski definition) is 1. The highest BCUT2D eigenvalue weighted by Crippen LogP contribution is 2.42. The van der Waals surface area contributed by atoms with E-state index in [0.29, 0.717) is 5.69 Å². The van der Waals surface area contributed by atoms with Gasteiger partial charge < -0.3 is 29.6 Å². The quantitative estimate of drug-likeness (QED) is 0.0128. The maximum atomic E-state index is 11.7. The van der Waals surface area contributed by atoms with E-state index in [9.17, 15) is 19.7 Å². The summed E-state index contributed by atoms with van der Waals surface area (Å²) in [5, 5.41) is 28.9. The molecule has 60 heavy (non-hydrogen) atoms. The molecule has 0 fully saturated rings. The van der Waals surface area contributed by atoms with Crippen LogP contribution in [0.1, 0.15) is 96.5 Å². The lowest BCUT2D eigenvalue weighted by atomic mass is 10.1. The van der Waals surface area contributed by atoms with Gasteiger partial charge in [0.05, 0.1) is 16.3 Å². The average Bonchev–Trinajstić information content (AvgIpc) is 3.24. The second-order valence-electron chi connectivity index (χ2n) is 14.1. The molecule has 0 unspecified atom stereocenters. The van der Waals surface area contributed by atoms with E-state index in [1.807, 2.05) is 13.0 Å². The van der Waals surface area contributed by atoms with Crippen LogP contribution in [0.25, 0.3) is 0 Å². The fraction of sp³-hybridized carbons (Fsp3) is 0.467. The number of unbranched alkanes of at least 4 members (excludes halogenated alkanes) is 10. The second kappa shape index (κ2) is 27.5. The molecule has 3 aromatic carbocycles. The monoisotopic (exact) mass is 827 g/mol. The van der Waals surface area contributed by atoms with Gasteiger partial charge in [0.15, 0.2) is 0 Å². The van der Waals surface area contributed by atoms with Gasteiger partial charge in [0.1, 0.15) is 55.0 Å². The Labute approximate surface area is 353 Å². The van der Waals surface area contributed by atoms with Crippen molar-refractivity contribution in [2.45, 2.75) is 97.8 Å². The molecule has 3 aromatic rings. The van der Waals surface area contributed by atoms with Crippen LogP contribution in [0, 0.1) is 17.0 Å². The Bertz CT molecular complexity index is 1900. The van der Waals surface area contributed by atoms with Gasteiger partial charge >= 0.3 is 11.9 Å². The van der Waals surface area contributed by atoms with Gasteiger partial charge in [0.25, 0.3) is 5.69 Å². The zero-order valence-electron chi connectivity index (χ0n) is 35.4. The number of nitro groups is 1. The zero-order chi connectivity index (χ0) is 43.5. The van der Waals surface area contributed by atoms with Crippen molar-refractivity contribution in [1.82, 2.24) is 0 Å². The molecule has 15 nitrogen and oxygen atoms in total. The fourth-order valence-corrected chi connectivity index (χ4v) is 6.08. The molecule has 0 aliphatic carbocycles. The van der Waals surface area contributed by atoms with Crippen molar-refractivity contribution < 1.29 is 33.5 Å². The summed E-state index contributed by atoms with van der Waals surface area (Å²) in [7, 11) is 0. The molecule has 0 bridgehead atoms. The van der Waals surface area contributed by atoms with Gasteiger partial charge in [-0.05, 0) is 49.6 Å². The number of azo groups is 2. The molecule has 324 valence electrons. The number of carbonyl (C=O) groups excluding carboxylic acids is 2. The van der Waals surface area contributed by atoms with Crippen LogP contribution in [0.3, 0.4) is 0 Å². The van der Waals surface area contributed by atoms with E-state index in [-0.39, 0.29) is 66.4 Å². The SMILES string of the molecule is C=CC(=O)OCCOc1cc(N=Nc2ccc([N+](=O)[O-])cc2N)c(OCCOC(=O)C=C)cc1N=Nc1ccc(N(CCCCCCCC)CCCCCCCC)cc1C. The number of aryl methyl sites for hydroxylation is 1. The van der Waals surface area contributed by atoms with Gasteiger partial charge in [-0.25, -0.2) is 9.59 Å². The summed E-state index contributed by atoms with van der Waals surface area (Å²) in [5.41, 5.74) is 9.22. The van der Waals surface area contributed by atoms with Crippen LogP contribution in [0.4, 0.5) is 39.8 Å². The summed E-state index contributed by atoms with van der Waals surface area (Å²) < 4.78 is 22.2. The van der Waals surface area contributed by atoms with Gasteiger partial charge in [0.2, 0.25) is 0 Å². The van der Waals surface area contributed by atoms with Crippen LogP contribution in [0.5, 0.6) is 11.5 Å². The maximum absolute atomic E-state index is 11.7. The smallest absolute Gasteiger partial charge is 0.330 e. The first-order valence-electron chi connectivity index (χ1n) is 20.8. The van der Waals surface area contributed by atoms with Gasteiger partial charge in [0, 0.05) is 55.2 Å². The van der Waals surface area contributed by atoms with E-state index in [4.69, 9.17) is 24.7 Å². The minimum Gasteiger partial charge on any atom is -0.488 e. The van der Waals surface area contributed by atoms with Crippen LogP contribution in [0.15, 0.2) is 94.3 Å². The lowest BCUT2D eigenvalue weighted by Gasteiger charge is -2.26. The summed E-state index contributed by atoms with van der Waals surface area (Å²) in [6.45, 7) is 15.0. The first-order chi connectivity index (χ1) is 29.1. The standard InChI is InChI=1S/C45H61N7O8/c1-6-10-12-14-16-18-24-51(25-19-17-15-13-11-7-2)35-20-22-38(34(5)30-35)47-49-40-32-43(58-27-29-60-45(54)9-4)41(33-42(40)57-26-28-59-44(53)8-3)50-48-39-23-21-36(52(55)56)31-37(39)46/h8-9,20-23,30-33H,3-4,6-7,10-19,24-29,46H2,1-2,5H3. The van der Waals surface area contributed by atoms with Crippen LogP contribution >= 0.6 is 0 Å². The van der Waals surface area contributed by atoms with E-state index < -0.39 is 16.9 Å². The van der Waals surface area contributed by atoms with Crippen molar-refractivity contribution in [2.75, 3.05) is 50.2 Å². The summed E-state index contributed by atoms with van der Waals surface area (Å²) in [5.74, 6) is -0.828. The number of nitrogens with zero attached hydrogens (tertiary/aromatic N) is 6. The molecule has 0 aliphatic heterocycles. The van der Waals surface area contributed by atoms with E-state index in [1.165, 1.54) is 88.5 Å². The third-order valence-electron chi connectivity index (χ3n) is 9.41. The summed E-state index contributed by atoms with van der Waals surface area (Å²) >= 11 is 0. The number of nitrogens with two attached hydrogens (primary N) is 1. The summed E-state index contributed by atoms with van der Waals surface area (Å²) in [4.78, 5) is 36.5. The van der Waals surface area contributed by atoms with E-state index in [1.54, 1.807) is 6.07 Å². The fourth-order valence-electron chi connectivity index (χ4n) is 6.08. The van der Waals surface area contributed by atoms with Gasteiger partial charge in [-0.3, -0.25) is 10.1 Å².